The molecule has 0 unspecified atom stereocenters. The Kier molecular flexibility index (Phi) is 5.56. The summed E-state index contributed by atoms with van der Waals surface area (Å²) in [6, 6.07) is 16.5. The first-order valence-corrected chi connectivity index (χ1v) is 9.04. The van der Waals surface area contributed by atoms with Crippen LogP contribution in [0.5, 0.6) is 0 Å². The van der Waals surface area contributed by atoms with Crippen LogP contribution in [-0.2, 0) is 4.79 Å². The zero-order chi connectivity index (χ0) is 18.5. The lowest BCUT2D eigenvalue weighted by atomic mass is 10.2. The van der Waals surface area contributed by atoms with Crippen LogP contribution in [0.25, 0.3) is 5.69 Å². The third-order valence-corrected chi connectivity index (χ3v) is 4.68. The van der Waals surface area contributed by atoms with Crippen molar-refractivity contribution in [2.24, 2.45) is 0 Å². The molecule has 0 radical (unpaired) electrons. The highest BCUT2D eigenvalue weighted by molar-refractivity contribution is 7.99. The SMILES string of the molecule is Cc1nnc(SCC(=O)Nc2cc(Cl)ccc2C#N)n1-c1ccccc1. The minimum Gasteiger partial charge on any atom is -0.324 e. The van der Waals surface area contributed by atoms with Gasteiger partial charge in [-0.2, -0.15) is 5.26 Å². The second-order valence-corrected chi connectivity index (χ2v) is 6.72. The highest BCUT2D eigenvalue weighted by Gasteiger charge is 2.14. The molecule has 3 rings (SSSR count). The Hall–Kier alpha value is -2.82. The van der Waals surface area contributed by atoms with Crippen LogP contribution in [0.4, 0.5) is 5.69 Å². The zero-order valence-electron chi connectivity index (χ0n) is 13.8. The fraction of sp³-hybridized carbons (Fsp3) is 0.111. The van der Waals surface area contributed by atoms with Crippen LogP contribution < -0.4 is 5.32 Å². The quantitative estimate of drug-likeness (QED) is 0.677. The van der Waals surface area contributed by atoms with E-state index in [1.807, 2.05) is 47.9 Å². The molecule has 0 bridgehead atoms. The van der Waals surface area contributed by atoms with Crippen LogP contribution in [0, 0.1) is 18.3 Å². The number of nitriles is 1. The van der Waals surface area contributed by atoms with Gasteiger partial charge in [0.15, 0.2) is 5.16 Å². The first-order valence-electron chi connectivity index (χ1n) is 7.68. The Balaban J connectivity index is 1.72. The maximum Gasteiger partial charge on any atom is 0.234 e. The Morgan fingerprint density at radius 1 is 1.27 bits per heavy atom. The van der Waals surface area contributed by atoms with E-state index in [0.29, 0.717) is 21.4 Å². The predicted molar refractivity (Wildman–Crippen MR) is 102 cm³/mol. The number of aryl methyl sites for hydroxylation is 1. The Labute approximate surface area is 159 Å². The van der Waals surface area contributed by atoms with Crippen LogP contribution in [0.2, 0.25) is 5.02 Å². The van der Waals surface area contributed by atoms with E-state index in [4.69, 9.17) is 16.9 Å². The summed E-state index contributed by atoms with van der Waals surface area (Å²) in [5, 5.41) is 21.1. The number of rotatable bonds is 5. The summed E-state index contributed by atoms with van der Waals surface area (Å²) in [6.45, 7) is 1.86. The van der Waals surface area contributed by atoms with E-state index >= 15 is 0 Å². The largest absolute Gasteiger partial charge is 0.324 e. The van der Waals surface area contributed by atoms with Gasteiger partial charge < -0.3 is 5.32 Å². The summed E-state index contributed by atoms with van der Waals surface area (Å²) in [5.41, 5.74) is 1.68. The molecule has 0 spiro atoms. The second kappa shape index (κ2) is 8.04. The van der Waals surface area contributed by atoms with Gasteiger partial charge in [-0.15, -0.1) is 10.2 Å². The third kappa shape index (κ3) is 4.04. The molecule has 130 valence electrons. The molecule has 26 heavy (non-hydrogen) atoms. The first kappa shape index (κ1) is 18.0. The maximum atomic E-state index is 12.3. The molecular formula is C18H14ClN5OS. The van der Waals surface area contributed by atoms with Crippen molar-refractivity contribution in [2.45, 2.75) is 12.1 Å². The number of hydrogen-bond donors (Lipinski definition) is 1. The molecule has 0 aliphatic rings. The van der Waals surface area contributed by atoms with Crippen molar-refractivity contribution in [3.8, 4) is 11.8 Å². The van der Waals surface area contributed by atoms with E-state index in [1.54, 1.807) is 18.2 Å². The summed E-state index contributed by atoms with van der Waals surface area (Å²) in [5.74, 6) is 0.609. The molecule has 1 amide bonds. The van der Waals surface area contributed by atoms with Crippen molar-refractivity contribution in [3.63, 3.8) is 0 Å². The summed E-state index contributed by atoms with van der Waals surface area (Å²) in [6.07, 6.45) is 0. The Morgan fingerprint density at radius 3 is 2.77 bits per heavy atom. The lowest BCUT2D eigenvalue weighted by molar-refractivity contribution is -0.113. The normalized spacial score (nSPS) is 10.3. The number of thioether (sulfide) groups is 1. The van der Waals surface area contributed by atoms with Gasteiger partial charge in [0.05, 0.1) is 17.0 Å². The van der Waals surface area contributed by atoms with Crippen LogP contribution >= 0.6 is 23.4 Å². The van der Waals surface area contributed by atoms with Gasteiger partial charge in [0.2, 0.25) is 5.91 Å². The average Bonchev–Trinajstić information content (AvgIpc) is 3.01. The molecule has 0 aliphatic heterocycles. The molecule has 1 heterocycles. The van der Waals surface area contributed by atoms with Gasteiger partial charge in [0.1, 0.15) is 11.9 Å². The lowest BCUT2D eigenvalue weighted by Crippen LogP contribution is -2.15. The number of carbonyl (C=O) groups is 1. The van der Waals surface area contributed by atoms with Crippen molar-refractivity contribution in [2.75, 3.05) is 11.1 Å². The number of carbonyl (C=O) groups excluding carboxylic acids is 1. The molecule has 8 heteroatoms. The second-order valence-electron chi connectivity index (χ2n) is 5.34. The standard InChI is InChI=1S/C18H14ClN5OS/c1-12-22-23-18(24(12)15-5-3-2-4-6-15)26-11-17(25)21-16-9-14(19)8-7-13(16)10-20/h2-9H,11H2,1H3,(H,21,25). The van der Waals surface area contributed by atoms with Gasteiger partial charge in [-0.25, -0.2) is 0 Å². The van der Waals surface area contributed by atoms with E-state index in [1.165, 1.54) is 11.8 Å². The van der Waals surface area contributed by atoms with Crippen LogP contribution in [0.3, 0.4) is 0 Å². The molecule has 0 atom stereocenters. The highest BCUT2D eigenvalue weighted by atomic mass is 35.5. The molecule has 1 aromatic heterocycles. The number of para-hydroxylation sites is 1. The molecule has 0 aliphatic carbocycles. The van der Waals surface area contributed by atoms with Gasteiger partial charge in [-0.05, 0) is 37.3 Å². The summed E-state index contributed by atoms with van der Waals surface area (Å²) >= 11 is 7.20. The van der Waals surface area contributed by atoms with Crippen molar-refractivity contribution >= 4 is 35.0 Å². The number of hydrogen-bond acceptors (Lipinski definition) is 5. The summed E-state index contributed by atoms with van der Waals surface area (Å²) in [7, 11) is 0. The minimum absolute atomic E-state index is 0.127. The highest BCUT2D eigenvalue weighted by Crippen LogP contribution is 2.23. The molecule has 0 saturated heterocycles. The van der Waals surface area contributed by atoms with E-state index in [0.717, 1.165) is 11.5 Å². The molecular weight excluding hydrogens is 370 g/mol. The number of halogens is 1. The number of benzene rings is 2. The van der Waals surface area contributed by atoms with Gasteiger partial charge in [-0.3, -0.25) is 9.36 Å². The van der Waals surface area contributed by atoms with Crippen LogP contribution in [0.1, 0.15) is 11.4 Å². The van der Waals surface area contributed by atoms with E-state index in [2.05, 4.69) is 15.5 Å². The fourth-order valence-corrected chi connectivity index (χ4v) is 3.31. The first-order chi connectivity index (χ1) is 12.6. The van der Waals surface area contributed by atoms with Crippen molar-refractivity contribution in [3.05, 3.63) is 64.9 Å². The van der Waals surface area contributed by atoms with E-state index in [-0.39, 0.29) is 11.7 Å². The smallest absolute Gasteiger partial charge is 0.234 e. The molecule has 2 aromatic carbocycles. The zero-order valence-corrected chi connectivity index (χ0v) is 15.4. The number of anilines is 1. The Morgan fingerprint density at radius 2 is 2.04 bits per heavy atom. The van der Waals surface area contributed by atoms with Gasteiger partial charge in [-0.1, -0.05) is 41.6 Å². The molecule has 0 saturated carbocycles. The monoisotopic (exact) mass is 383 g/mol. The number of aromatic nitrogens is 3. The van der Waals surface area contributed by atoms with Crippen molar-refractivity contribution in [1.82, 2.24) is 14.8 Å². The van der Waals surface area contributed by atoms with Gasteiger partial charge >= 0.3 is 0 Å². The van der Waals surface area contributed by atoms with E-state index in [9.17, 15) is 4.79 Å². The lowest BCUT2D eigenvalue weighted by Gasteiger charge is -2.09. The van der Waals surface area contributed by atoms with Crippen LogP contribution in [0.15, 0.2) is 53.7 Å². The predicted octanol–water partition coefficient (Wildman–Crippen LogP) is 3.83. The van der Waals surface area contributed by atoms with Gasteiger partial charge in [0.25, 0.3) is 0 Å². The van der Waals surface area contributed by atoms with E-state index < -0.39 is 0 Å². The molecule has 3 aromatic rings. The third-order valence-electron chi connectivity index (χ3n) is 3.52. The molecule has 1 N–H and O–H groups in total. The minimum atomic E-state index is -0.256. The number of amides is 1. The summed E-state index contributed by atoms with van der Waals surface area (Å²) in [4.78, 5) is 12.3. The van der Waals surface area contributed by atoms with Crippen molar-refractivity contribution in [1.29, 1.82) is 5.26 Å². The fourth-order valence-electron chi connectivity index (χ4n) is 2.34. The number of nitrogens with one attached hydrogen (secondary N) is 1. The molecule has 6 nitrogen and oxygen atoms in total. The number of nitrogens with zero attached hydrogens (tertiary/aromatic N) is 4. The molecule has 0 fully saturated rings. The summed E-state index contributed by atoms with van der Waals surface area (Å²) < 4.78 is 1.89. The Bertz CT molecular complexity index is 981. The van der Waals surface area contributed by atoms with Gasteiger partial charge in [0, 0.05) is 10.7 Å². The van der Waals surface area contributed by atoms with Crippen molar-refractivity contribution < 1.29 is 4.79 Å². The van der Waals surface area contributed by atoms with Crippen LogP contribution in [-0.4, -0.2) is 26.4 Å². The maximum absolute atomic E-state index is 12.3. The average molecular weight is 384 g/mol. The topological polar surface area (TPSA) is 83.6 Å².